The van der Waals surface area contributed by atoms with Gasteiger partial charge in [0.1, 0.15) is 0 Å². The Labute approximate surface area is 92.1 Å². The molecule has 0 radical (unpaired) electrons. The molecule has 80 valence electrons. The van der Waals surface area contributed by atoms with Crippen molar-refractivity contribution in [2.45, 2.75) is 33.2 Å². The van der Waals surface area contributed by atoms with Gasteiger partial charge in [0, 0.05) is 24.9 Å². The van der Waals surface area contributed by atoms with E-state index < -0.39 is 0 Å². The van der Waals surface area contributed by atoms with Crippen molar-refractivity contribution in [3.63, 3.8) is 0 Å². The Kier molecular flexibility index (Phi) is 4.86. The minimum absolute atomic E-state index is 0.301. The van der Waals surface area contributed by atoms with Gasteiger partial charge < -0.3 is 5.32 Å². The van der Waals surface area contributed by atoms with Crippen LogP contribution in [0.3, 0.4) is 0 Å². The molecule has 0 aliphatic rings. The largest absolute Gasteiger partial charge is 0.309 e. The number of pyridine rings is 1. The topological polar surface area (TPSA) is 24.9 Å². The van der Waals surface area contributed by atoms with E-state index in [9.17, 15) is 0 Å². The summed E-state index contributed by atoms with van der Waals surface area (Å²) in [6.07, 6.45) is 4.63. The highest BCUT2D eigenvalue weighted by Crippen LogP contribution is 2.16. The van der Waals surface area contributed by atoms with Crippen molar-refractivity contribution in [3.05, 3.63) is 29.6 Å². The molecule has 2 heteroatoms. The average molecular weight is 202 g/mol. The zero-order chi connectivity index (χ0) is 11.1. The van der Waals surface area contributed by atoms with Crippen molar-refractivity contribution in [3.8, 4) is 11.8 Å². The third kappa shape index (κ3) is 3.73. The van der Waals surface area contributed by atoms with Crippen molar-refractivity contribution < 1.29 is 0 Å². The summed E-state index contributed by atoms with van der Waals surface area (Å²) in [7, 11) is 0. The molecule has 2 nitrogen and oxygen atoms in total. The van der Waals surface area contributed by atoms with Gasteiger partial charge in [-0.25, -0.2) is 0 Å². The molecule has 15 heavy (non-hydrogen) atoms. The van der Waals surface area contributed by atoms with Crippen LogP contribution in [-0.2, 0) is 0 Å². The zero-order valence-corrected chi connectivity index (χ0v) is 9.67. The predicted octanol–water partition coefficient (Wildman–Crippen LogP) is 2.45. The van der Waals surface area contributed by atoms with Crippen molar-refractivity contribution >= 4 is 0 Å². The lowest BCUT2D eigenvalue weighted by atomic mass is 10.0. The van der Waals surface area contributed by atoms with E-state index in [1.165, 1.54) is 11.1 Å². The van der Waals surface area contributed by atoms with Crippen LogP contribution in [0.15, 0.2) is 18.5 Å². The predicted molar refractivity (Wildman–Crippen MR) is 63.5 cm³/mol. The fraction of sp³-hybridized carbons (Fsp3) is 0.462. The first-order chi connectivity index (χ1) is 7.27. The Morgan fingerprint density at radius 2 is 2.27 bits per heavy atom. The van der Waals surface area contributed by atoms with Gasteiger partial charge in [-0.1, -0.05) is 13.0 Å². The van der Waals surface area contributed by atoms with Crippen LogP contribution in [0.4, 0.5) is 0 Å². The number of nitrogens with one attached hydrogen (secondary N) is 1. The van der Waals surface area contributed by atoms with Gasteiger partial charge in [0.2, 0.25) is 0 Å². The molecular weight excluding hydrogens is 184 g/mol. The average Bonchev–Trinajstić information content (AvgIpc) is 2.24. The first-order valence-electron chi connectivity index (χ1n) is 5.32. The van der Waals surface area contributed by atoms with Gasteiger partial charge in [0.05, 0.1) is 0 Å². The molecule has 0 fully saturated rings. The van der Waals surface area contributed by atoms with E-state index in [2.05, 4.69) is 42.1 Å². The summed E-state index contributed by atoms with van der Waals surface area (Å²) in [6.45, 7) is 6.99. The minimum Gasteiger partial charge on any atom is -0.309 e. The van der Waals surface area contributed by atoms with Gasteiger partial charge in [-0.05, 0) is 31.5 Å². The maximum Gasteiger partial charge on any atom is 0.0446 e. The minimum atomic E-state index is 0.301. The van der Waals surface area contributed by atoms with Gasteiger partial charge >= 0.3 is 0 Å². The number of nitrogens with zero attached hydrogens (tertiary/aromatic N) is 1. The third-order valence-corrected chi connectivity index (χ3v) is 2.23. The summed E-state index contributed by atoms with van der Waals surface area (Å²) in [6, 6.07) is 2.47. The van der Waals surface area contributed by atoms with Crippen molar-refractivity contribution in [1.82, 2.24) is 10.3 Å². The van der Waals surface area contributed by atoms with E-state index in [1.807, 2.05) is 19.3 Å². The SMILES string of the molecule is CC#CCC(NCC)c1cncc(C)c1. The number of aryl methyl sites for hydroxylation is 1. The fourth-order valence-corrected chi connectivity index (χ4v) is 1.53. The Morgan fingerprint density at radius 1 is 1.47 bits per heavy atom. The molecule has 1 unspecified atom stereocenters. The highest BCUT2D eigenvalue weighted by atomic mass is 14.9. The van der Waals surface area contributed by atoms with Gasteiger partial charge in [-0.15, -0.1) is 11.8 Å². The normalized spacial score (nSPS) is 11.7. The van der Waals surface area contributed by atoms with E-state index >= 15 is 0 Å². The summed E-state index contributed by atoms with van der Waals surface area (Å²) in [5.74, 6) is 6.04. The maximum atomic E-state index is 4.21. The molecule has 0 aliphatic heterocycles. The molecule has 0 saturated carbocycles. The number of hydrogen-bond acceptors (Lipinski definition) is 2. The summed E-state index contributed by atoms with van der Waals surface area (Å²) in [5, 5.41) is 3.42. The molecule has 1 N–H and O–H groups in total. The van der Waals surface area contributed by atoms with E-state index in [0.717, 1.165) is 13.0 Å². The fourth-order valence-electron chi connectivity index (χ4n) is 1.53. The first kappa shape index (κ1) is 11.7. The Bertz CT molecular complexity index is 360. The molecular formula is C13H18N2. The summed E-state index contributed by atoms with van der Waals surface area (Å²) >= 11 is 0. The monoisotopic (exact) mass is 202 g/mol. The third-order valence-electron chi connectivity index (χ3n) is 2.23. The molecule has 1 atom stereocenters. The molecule has 1 rings (SSSR count). The van der Waals surface area contributed by atoms with Crippen LogP contribution in [-0.4, -0.2) is 11.5 Å². The Hall–Kier alpha value is -1.33. The molecule has 1 aromatic heterocycles. The molecule has 0 amide bonds. The Balaban J connectivity index is 2.81. The smallest absolute Gasteiger partial charge is 0.0446 e. The van der Waals surface area contributed by atoms with Crippen molar-refractivity contribution in [1.29, 1.82) is 0 Å². The van der Waals surface area contributed by atoms with E-state index in [4.69, 9.17) is 0 Å². The molecule has 1 heterocycles. The maximum absolute atomic E-state index is 4.21. The lowest BCUT2D eigenvalue weighted by Crippen LogP contribution is -2.20. The number of rotatable bonds is 4. The summed E-state index contributed by atoms with van der Waals surface area (Å²) in [5.41, 5.74) is 2.42. The van der Waals surface area contributed by atoms with Crippen LogP contribution in [0.25, 0.3) is 0 Å². The second kappa shape index (κ2) is 6.21. The number of hydrogen-bond donors (Lipinski definition) is 1. The van der Waals surface area contributed by atoms with Crippen molar-refractivity contribution in [2.75, 3.05) is 6.54 Å². The molecule has 0 spiro atoms. The van der Waals surface area contributed by atoms with E-state index in [1.54, 1.807) is 0 Å². The molecule has 0 aliphatic carbocycles. The molecule has 1 aromatic rings. The van der Waals surface area contributed by atoms with E-state index in [-0.39, 0.29) is 0 Å². The summed E-state index contributed by atoms with van der Waals surface area (Å²) < 4.78 is 0. The van der Waals surface area contributed by atoms with Crippen LogP contribution in [0.1, 0.15) is 37.4 Å². The van der Waals surface area contributed by atoms with Crippen LogP contribution in [0.2, 0.25) is 0 Å². The molecule has 0 aromatic carbocycles. The second-order valence-electron chi connectivity index (χ2n) is 3.54. The highest BCUT2D eigenvalue weighted by molar-refractivity contribution is 5.21. The van der Waals surface area contributed by atoms with Gasteiger partial charge in [-0.2, -0.15) is 0 Å². The van der Waals surface area contributed by atoms with E-state index in [0.29, 0.717) is 6.04 Å². The number of aromatic nitrogens is 1. The lowest BCUT2D eigenvalue weighted by Gasteiger charge is -2.15. The molecule has 0 bridgehead atoms. The van der Waals surface area contributed by atoms with Crippen LogP contribution >= 0.6 is 0 Å². The first-order valence-corrected chi connectivity index (χ1v) is 5.32. The highest BCUT2D eigenvalue weighted by Gasteiger charge is 2.08. The quantitative estimate of drug-likeness (QED) is 0.759. The van der Waals surface area contributed by atoms with Gasteiger partial charge in [0.15, 0.2) is 0 Å². The standard InChI is InChI=1S/C13H18N2/c1-4-6-7-13(15-5-2)12-8-11(3)9-14-10-12/h8-10,13,15H,5,7H2,1-3H3. The second-order valence-corrected chi connectivity index (χ2v) is 3.54. The van der Waals surface area contributed by atoms with Crippen LogP contribution < -0.4 is 5.32 Å². The van der Waals surface area contributed by atoms with Crippen LogP contribution in [0, 0.1) is 18.8 Å². The lowest BCUT2D eigenvalue weighted by molar-refractivity contribution is 0.563. The van der Waals surface area contributed by atoms with Crippen LogP contribution in [0.5, 0.6) is 0 Å². The summed E-state index contributed by atoms with van der Waals surface area (Å²) in [4.78, 5) is 4.21. The van der Waals surface area contributed by atoms with Gasteiger partial charge in [-0.3, -0.25) is 4.98 Å². The molecule has 0 saturated heterocycles. The van der Waals surface area contributed by atoms with Crippen molar-refractivity contribution in [2.24, 2.45) is 0 Å². The Morgan fingerprint density at radius 3 is 2.87 bits per heavy atom. The zero-order valence-electron chi connectivity index (χ0n) is 9.67. The van der Waals surface area contributed by atoms with Gasteiger partial charge in [0.25, 0.3) is 0 Å².